The summed E-state index contributed by atoms with van der Waals surface area (Å²) in [7, 11) is 0. The lowest BCUT2D eigenvalue weighted by Crippen LogP contribution is -2.50. The number of hydrogen-bond donors (Lipinski definition) is 2. The van der Waals surface area contributed by atoms with Gasteiger partial charge in [0.2, 0.25) is 0 Å². The Labute approximate surface area is 145 Å². The Morgan fingerprint density at radius 2 is 2.32 bits per heavy atom. The number of amides is 1. The molecule has 1 aliphatic rings. The van der Waals surface area contributed by atoms with E-state index in [1.165, 1.54) is 12.1 Å². The Bertz CT molecular complexity index is 749. The Hall–Kier alpha value is -2.41. The molecule has 2 aromatic rings. The summed E-state index contributed by atoms with van der Waals surface area (Å²) in [6.45, 7) is 3.01. The molecule has 2 heterocycles. The van der Waals surface area contributed by atoms with E-state index in [4.69, 9.17) is 4.74 Å². The lowest BCUT2D eigenvalue weighted by atomic mass is 9.90. The molecule has 6 nitrogen and oxygen atoms in total. The highest BCUT2D eigenvalue weighted by atomic mass is 19.1. The predicted molar refractivity (Wildman–Crippen MR) is 89.7 cm³/mol. The zero-order valence-corrected chi connectivity index (χ0v) is 14.2. The summed E-state index contributed by atoms with van der Waals surface area (Å²) < 4.78 is 18.6. The van der Waals surface area contributed by atoms with E-state index in [9.17, 15) is 14.3 Å². The SMILES string of the molecule is CC[C@@]1(O)CCCN(C(=O)c2cc(COc3cccc(F)c3)[nH]n2)C1. The van der Waals surface area contributed by atoms with E-state index in [1.807, 2.05) is 6.92 Å². The van der Waals surface area contributed by atoms with Crippen LogP contribution in [0.5, 0.6) is 5.75 Å². The molecule has 0 unspecified atom stereocenters. The Balaban J connectivity index is 1.61. The minimum absolute atomic E-state index is 0.155. The predicted octanol–water partition coefficient (Wildman–Crippen LogP) is 2.50. The molecule has 2 N–H and O–H groups in total. The quantitative estimate of drug-likeness (QED) is 0.871. The van der Waals surface area contributed by atoms with Gasteiger partial charge in [0.1, 0.15) is 18.2 Å². The summed E-state index contributed by atoms with van der Waals surface area (Å²) in [5.41, 5.74) is 0.0987. The summed E-state index contributed by atoms with van der Waals surface area (Å²) in [6, 6.07) is 7.49. The smallest absolute Gasteiger partial charge is 0.274 e. The van der Waals surface area contributed by atoms with Gasteiger partial charge in [-0.2, -0.15) is 5.10 Å². The lowest BCUT2D eigenvalue weighted by Gasteiger charge is -2.38. The zero-order valence-electron chi connectivity index (χ0n) is 14.2. The van der Waals surface area contributed by atoms with Gasteiger partial charge >= 0.3 is 0 Å². The van der Waals surface area contributed by atoms with Crippen LogP contribution in [0.4, 0.5) is 4.39 Å². The van der Waals surface area contributed by atoms with Gasteiger partial charge in [0.25, 0.3) is 5.91 Å². The van der Waals surface area contributed by atoms with Gasteiger partial charge in [-0.25, -0.2) is 4.39 Å². The van der Waals surface area contributed by atoms with Crippen molar-refractivity contribution in [2.45, 2.75) is 38.4 Å². The van der Waals surface area contributed by atoms with E-state index in [1.54, 1.807) is 23.1 Å². The van der Waals surface area contributed by atoms with Crippen LogP contribution >= 0.6 is 0 Å². The maximum absolute atomic E-state index is 13.1. The average Bonchev–Trinajstić information content (AvgIpc) is 3.08. The van der Waals surface area contributed by atoms with Gasteiger partial charge in [-0.3, -0.25) is 9.89 Å². The number of rotatable bonds is 5. The summed E-state index contributed by atoms with van der Waals surface area (Å²) in [6.07, 6.45) is 2.10. The first-order chi connectivity index (χ1) is 12.0. The van der Waals surface area contributed by atoms with E-state index in [2.05, 4.69) is 10.2 Å². The van der Waals surface area contributed by atoms with Gasteiger partial charge in [-0.05, 0) is 37.5 Å². The van der Waals surface area contributed by atoms with Crippen molar-refractivity contribution in [2.24, 2.45) is 0 Å². The first-order valence-electron chi connectivity index (χ1n) is 8.43. The molecule has 1 amide bonds. The molecule has 0 radical (unpaired) electrons. The van der Waals surface area contributed by atoms with Crippen LogP contribution in [-0.4, -0.2) is 44.8 Å². The summed E-state index contributed by atoms with van der Waals surface area (Å²) in [5.74, 6) is -0.169. The summed E-state index contributed by atoms with van der Waals surface area (Å²) >= 11 is 0. The lowest BCUT2D eigenvalue weighted by molar-refractivity contribution is -0.0271. The van der Waals surface area contributed by atoms with Crippen molar-refractivity contribution in [1.29, 1.82) is 0 Å². The number of aliphatic hydroxyl groups is 1. The summed E-state index contributed by atoms with van der Waals surface area (Å²) in [4.78, 5) is 14.2. The first-order valence-corrected chi connectivity index (χ1v) is 8.43. The number of β-amino-alcohol motifs (C(OH)–C–C–N with tert-alkyl or cyclic N) is 1. The molecule has 1 atom stereocenters. The third-order valence-corrected chi connectivity index (χ3v) is 4.54. The van der Waals surface area contributed by atoms with Gasteiger partial charge in [-0.1, -0.05) is 13.0 Å². The standard InChI is InChI=1S/C18H22FN3O3/c1-2-18(24)7-4-8-22(12-18)17(23)16-10-14(20-21-16)11-25-15-6-3-5-13(19)9-15/h3,5-6,9-10,24H,2,4,7-8,11-12H2,1H3,(H,20,21)/t18-/m1/s1. The highest BCUT2D eigenvalue weighted by Crippen LogP contribution is 2.25. The summed E-state index contributed by atoms with van der Waals surface area (Å²) in [5, 5.41) is 17.2. The van der Waals surface area contributed by atoms with Crippen molar-refractivity contribution in [3.05, 3.63) is 47.5 Å². The first kappa shape index (κ1) is 17.4. The second-order valence-electron chi connectivity index (χ2n) is 6.43. The maximum Gasteiger partial charge on any atom is 0.274 e. The number of halogens is 1. The largest absolute Gasteiger partial charge is 0.487 e. The van der Waals surface area contributed by atoms with E-state index in [0.29, 0.717) is 37.4 Å². The number of hydrogen-bond acceptors (Lipinski definition) is 4. The van der Waals surface area contributed by atoms with E-state index in [-0.39, 0.29) is 24.0 Å². The molecule has 3 rings (SSSR count). The maximum atomic E-state index is 13.1. The molecular formula is C18H22FN3O3. The van der Waals surface area contributed by atoms with Crippen LogP contribution in [0.25, 0.3) is 0 Å². The van der Waals surface area contributed by atoms with Crippen molar-refractivity contribution >= 4 is 5.91 Å². The molecule has 1 aromatic heterocycles. The number of likely N-dealkylation sites (tertiary alicyclic amines) is 1. The molecule has 25 heavy (non-hydrogen) atoms. The second kappa shape index (κ2) is 7.23. The topological polar surface area (TPSA) is 78.5 Å². The number of H-pyrrole nitrogens is 1. The highest BCUT2D eigenvalue weighted by molar-refractivity contribution is 5.92. The number of aromatic amines is 1. The van der Waals surface area contributed by atoms with Gasteiger partial charge in [0.15, 0.2) is 5.69 Å². The van der Waals surface area contributed by atoms with Crippen LogP contribution in [0, 0.1) is 5.82 Å². The number of carbonyl (C=O) groups is 1. The minimum atomic E-state index is -0.812. The van der Waals surface area contributed by atoms with Gasteiger partial charge in [0, 0.05) is 19.2 Å². The van der Waals surface area contributed by atoms with Crippen molar-refractivity contribution in [2.75, 3.05) is 13.1 Å². The van der Waals surface area contributed by atoms with Crippen molar-refractivity contribution < 1.29 is 19.0 Å². The molecule has 1 aromatic carbocycles. The van der Waals surface area contributed by atoms with Crippen LogP contribution in [0.2, 0.25) is 0 Å². The molecule has 0 aliphatic carbocycles. The molecule has 1 fully saturated rings. The molecule has 1 aliphatic heterocycles. The molecule has 0 bridgehead atoms. The number of carbonyl (C=O) groups excluding carboxylic acids is 1. The highest BCUT2D eigenvalue weighted by Gasteiger charge is 2.34. The van der Waals surface area contributed by atoms with Crippen LogP contribution in [-0.2, 0) is 6.61 Å². The fourth-order valence-electron chi connectivity index (χ4n) is 3.00. The second-order valence-corrected chi connectivity index (χ2v) is 6.43. The fourth-order valence-corrected chi connectivity index (χ4v) is 3.00. The molecule has 1 saturated heterocycles. The Morgan fingerprint density at radius 3 is 3.08 bits per heavy atom. The number of nitrogens with one attached hydrogen (secondary N) is 1. The van der Waals surface area contributed by atoms with E-state index in [0.717, 1.165) is 6.42 Å². The number of nitrogens with zero attached hydrogens (tertiary/aromatic N) is 2. The van der Waals surface area contributed by atoms with Crippen molar-refractivity contribution in [3.8, 4) is 5.75 Å². The monoisotopic (exact) mass is 347 g/mol. The van der Waals surface area contributed by atoms with E-state index < -0.39 is 5.60 Å². The van der Waals surface area contributed by atoms with Gasteiger partial charge < -0.3 is 14.7 Å². The van der Waals surface area contributed by atoms with Crippen LogP contribution in [0.1, 0.15) is 42.4 Å². The van der Waals surface area contributed by atoms with Crippen LogP contribution in [0.3, 0.4) is 0 Å². The van der Waals surface area contributed by atoms with Gasteiger partial charge in [0.05, 0.1) is 11.3 Å². The Morgan fingerprint density at radius 1 is 1.48 bits per heavy atom. The molecule has 0 spiro atoms. The van der Waals surface area contributed by atoms with Crippen LogP contribution in [0.15, 0.2) is 30.3 Å². The number of piperidine rings is 1. The number of aromatic nitrogens is 2. The third-order valence-electron chi connectivity index (χ3n) is 4.54. The molecule has 7 heteroatoms. The Kier molecular flexibility index (Phi) is 5.03. The third kappa shape index (κ3) is 4.17. The van der Waals surface area contributed by atoms with Crippen molar-refractivity contribution in [3.63, 3.8) is 0 Å². The van der Waals surface area contributed by atoms with Crippen molar-refractivity contribution in [1.82, 2.24) is 15.1 Å². The normalized spacial score (nSPS) is 20.5. The molecule has 0 saturated carbocycles. The molecular weight excluding hydrogens is 325 g/mol. The zero-order chi connectivity index (χ0) is 17.9. The van der Waals surface area contributed by atoms with E-state index >= 15 is 0 Å². The average molecular weight is 347 g/mol. The minimum Gasteiger partial charge on any atom is -0.487 e. The number of ether oxygens (including phenoxy) is 1. The molecule has 134 valence electrons. The number of benzene rings is 1. The van der Waals surface area contributed by atoms with Gasteiger partial charge in [-0.15, -0.1) is 0 Å². The fraction of sp³-hybridized carbons (Fsp3) is 0.444. The van der Waals surface area contributed by atoms with Crippen LogP contribution < -0.4 is 4.74 Å².